The van der Waals surface area contributed by atoms with E-state index in [1.54, 1.807) is 0 Å². The van der Waals surface area contributed by atoms with Crippen LogP contribution in [0.2, 0.25) is 0 Å². The summed E-state index contributed by atoms with van der Waals surface area (Å²) in [7, 11) is 0. The minimum atomic E-state index is 0.482. The minimum absolute atomic E-state index is 0.482. The van der Waals surface area contributed by atoms with Gasteiger partial charge in [-0.3, -0.25) is 0 Å². The lowest BCUT2D eigenvalue weighted by Gasteiger charge is -2.11. The number of hydrogen-bond donors (Lipinski definition) is 1. The molecule has 0 radical (unpaired) electrons. The van der Waals surface area contributed by atoms with Crippen LogP contribution < -0.4 is 5.73 Å². The van der Waals surface area contributed by atoms with Gasteiger partial charge in [-0.2, -0.15) is 0 Å². The van der Waals surface area contributed by atoms with Crippen molar-refractivity contribution in [2.75, 3.05) is 0 Å². The molecule has 19 heavy (non-hydrogen) atoms. The number of rotatable bonds is 10. The minimum Gasteiger partial charge on any atom is -0.324 e. The van der Waals surface area contributed by atoms with Crippen molar-refractivity contribution in [2.24, 2.45) is 11.7 Å². The Hall–Kier alpha value is -0.900. The third kappa shape index (κ3) is 5.72. The summed E-state index contributed by atoms with van der Waals surface area (Å²) in [6.45, 7) is 8.15. The van der Waals surface area contributed by atoms with Gasteiger partial charge in [0.1, 0.15) is 11.6 Å². The fourth-order valence-corrected chi connectivity index (χ4v) is 2.35. The van der Waals surface area contributed by atoms with Crippen molar-refractivity contribution in [1.82, 2.24) is 14.8 Å². The van der Waals surface area contributed by atoms with Crippen molar-refractivity contribution in [1.29, 1.82) is 0 Å². The Balaban J connectivity index is 2.42. The summed E-state index contributed by atoms with van der Waals surface area (Å²) in [5.41, 5.74) is 5.73. The lowest BCUT2D eigenvalue weighted by atomic mass is 10.1. The Morgan fingerprint density at radius 1 is 1.00 bits per heavy atom. The van der Waals surface area contributed by atoms with E-state index in [9.17, 15) is 0 Å². The monoisotopic (exact) mass is 266 g/mol. The van der Waals surface area contributed by atoms with Crippen LogP contribution in [-0.4, -0.2) is 14.8 Å². The molecule has 0 atom stereocenters. The Bertz CT molecular complexity index is 344. The fourth-order valence-electron chi connectivity index (χ4n) is 2.35. The van der Waals surface area contributed by atoms with E-state index in [4.69, 9.17) is 5.73 Å². The second kappa shape index (κ2) is 9.08. The summed E-state index contributed by atoms with van der Waals surface area (Å²) in [6.07, 6.45) is 8.92. The van der Waals surface area contributed by atoms with Crippen molar-refractivity contribution in [3.05, 3.63) is 11.6 Å². The van der Waals surface area contributed by atoms with E-state index in [-0.39, 0.29) is 0 Å². The predicted molar refractivity (Wildman–Crippen MR) is 79.8 cm³/mol. The number of aryl methyl sites for hydroxylation is 1. The summed E-state index contributed by atoms with van der Waals surface area (Å²) in [4.78, 5) is 0. The maximum atomic E-state index is 5.73. The van der Waals surface area contributed by atoms with Crippen LogP contribution >= 0.6 is 0 Å². The van der Waals surface area contributed by atoms with Gasteiger partial charge in [0.2, 0.25) is 0 Å². The molecular weight excluding hydrogens is 236 g/mol. The summed E-state index contributed by atoms with van der Waals surface area (Å²) >= 11 is 0. The van der Waals surface area contributed by atoms with E-state index >= 15 is 0 Å². The van der Waals surface area contributed by atoms with E-state index in [0.717, 1.165) is 24.6 Å². The normalized spacial score (nSPS) is 11.4. The molecule has 0 aliphatic carbocycles. The third-order valence-corrected chi connectivity index (χ3v) is 3.39. The molecule has 0 saturated heterocycles. The van der Waals surface area contributed by atoms with Crippen molar-refractivity contribution in [2.45, 2.75) is 78.8 Å². The molecule has 0 amide bonds. The molecular formula is C15H30N4. The maximum Gasteiger partial charge on any atom is 0.146 e. The number of nitrogens with zero attached hydrogens (tertiary/aromatic N) is 3. The van der Waals surface area contributed by atoms with Gasteiger partial charge in [0.15, 0.2) is 0 Å². The Morgan fingerprint density at radius 3 is 2.26 bits per heavy atom. The highest BCUT2D eigenvalue weighted by molar-refractivity contribution is 4.96. The number of hydrogen-bond acceptors (Lipinski definition) is 3. The van der Waals surface area contributed by atoms with E-state index in [1.807, 2.05) is 0 Å². The summed E-state index contributed by atoms with van der Waals surface area (Å²) in [6, 6.07) is 0. The standard InChI is InChI=1S/C15H30N4/c1-4-5-6-7-8-9-10-14-17-18-15(11-16)19(14)12-13(2)3/h13H,4-12,16H2,1-3H3. The maximum absolute atomic E-state index is 5.73. The molecule has 0 aliphatic rings. The van der Waals surface area contributed by atoms with Gasteiger partial charge in [-0.25, -0.2) is 0 Å². The Kier molecular flexibility index (Phi) is 7.72. The van der Waals surface area contributed by atoms with Crippen LogP contribution in [0.1, 0.15) is 70.9 Å². The van der Waals surface area contributed by atoms with Crippen LogP contribution in [0.15, 0.2) is 0 Å². The number of nitrogens with two attached hydrogens (primary N) is 1. The lowest BCUT2D eigenvalue weighted by Crippen LogP contribution is -2.14. The lowest BCUT2D eigenvalue weighted by molar-refractivity contribution is 0.486. The summed E-state index contributed by atoms with van der Waals surface area (Å²) in [5, 5.41) is 8.51. The largest absolute Gasteiger partial charge is 0.324 e. The van der Waals surface area contributed by atoms with Crippen molar-refractivity contribution in [3.63, 3.8) is 0 Å². The first-order chi connectivity index (χ1) is 9.19. The topological polar surface area (TPSA) is 56.7 Å². The van der Waals surface area contributed by atoms with Crippen LogP contribution in [0.5, 0.6) is 0 Å². The van der Waals surface area contributed by atoms with Crippen LogP contribution in [0.3, 0.4) is 0 Å². The number of aromatic nitrogens is 3. The zero-order valence-corrected chi connectivity index (χ0v) is 12.9. The third-order valence-electron chi connectivity index (χ3n) is 3.39. The molecule has 0 spiro atoms. The molecule has 0 bridgehead atoms. The average molecular weight is 266 g/mol. The molecule has 2 N–H and O–H groups in total. The van der Waals surface area contributed by atoms with Gasteiger partial charge in [0, 0.05) is 13.0 Å². The van der Waals surface area contributed by atoms with Gasteiger partial charge in [-0.15, -0.1) is 10.2 Å². The molecule has 4 nitrogen and oxygen atoms in total. The predicted octanol–water partition coefficient (Wildman–Crippen LogP) is 3.30. The first-order valence-corrected chi connectivity index (χ1v) is 7.80. The zero-order chi connectivity index (χ0) is 14.1. The highest BCUT2D eigenvalue weighted by atomic mass is 15.3. The number of unbranched alkanes of at least 4 members (excludes halogenated alkanes) is 5. The summed E-state index contributed by atoms with van der Waals surface area (Å²) < 4.78 is 2.22. The second-order valence-electron chi connectivity index (χ2n) is 5.76. The molecule has 0 fully saturated rings. The summed E-state index contributed by atoms with van der Waals surface area (Å²) in [5.74, 6) is 2.64. The van der Waals surface area contributed by atoms with Crippen LogP contribution in [0.25, 0.3) is 0 Å². The van der Waals surface area contributed by atoms with E-state index < -0.39 is 0 Å². The first kappa shape index (κ1) is 16.2. The smallest absolute Gasteiger partial charge is 0.146 e. The molecule has 1 rings (SSSR count). The molecule has 0 saturated carbocycles. The highest BCUT2D eigenvalue weighted by Gasteiger charge is 2.11. The van der Waals surface area contributed by atoms with Gasteiger partial charge in [-0.1, -0.05) is 52.9 Å². The van der Waals surface area contributed by atoms with Gasteiger partial charge >= 0.3 is 0 Å². The van der Waals surface area contributed by atoms with E-state index in [1.165, 1.54) is 38.5 Å². The van der Waals surface area contributed by atoms with Crippen molar-refractivity contribution in [3.8, 4) is 0 Å². The Labute approximate surface area is 117 Å². The zero-order valence-electron chi connectivity index (χ0n) is 12.9. The van der Waals surface area contributed by atoms with Gasteiger partial charge in [0.05, 0.1) is 6.54 Å². The van der Waals surface area contributed by atoms with Crippen molar-refractivity contribution < 1.29 is 0 Å². The van der Waals surface area contributed by atoms with E-state index in [0.29, 0.717) is 12.5 Å². The van der Waals surface area contributed by atoms with Gasteiger partial charge in [0.25, 0.3) is 0 Å². The molecule has 1 aromatic rings. The van der Waals surface area contributed by atoms with E-state index in [2.05, 4.69) is 35.5 Å². The second-order valence-corrected chi connectivity index (χ2v) is 5.76. The van der Waals surface area contributed by atoms with Gasteiger partial charge < -0.3 is 10.3 Å². The average Bonchev–Trinajstić information content (AvgIpc) is 2.75. The van der Waals surface area contributed by atoms with Crippen LogP contribution in [0.4, 0.5) is 0 Å². The van der Waals surface area contributed by atoms with Crippen LogP contribution in [0, 0.1) is 5.92 Å². The highest BCUT2D eigenvalue weighted by Crippen LogP contribution is 2.12. The Morgan fingerprint density at radius 2 is 1.63 bits per heavy atom. The van der Waals surface area contributed by atoms with Crippen molar-refractivity contribution >= 4 is 0 Å². The molecule has 0 unspecified atom stereocenters. The molecule has 4 heteroatoms. The van der Waals surface area contributed by atoms with Gasteiger partial charge in [-0.05, 0) is 12.3 Å². The molecule has 1 aromatic heterocycles. The van der Waals surface area contributed by atoms with Crippen LogP contribution in [-0.2, 0) is 19.5 Å². The first-order valence-electron chi connectivity index (χ1n) is 7.80. The quantitative estimate of drug-likeness (QED) is 0.661. The SMILES string of the molecule is CCCCCCCCc1nnc(CN)n1CC(C)C. The fraction of sp³-hybridized carbons (Fsp3) is 0.867. The molecule has 0 aromatic carbocycles. The molecule has 1 heterocycles. The molecule has 110 valence electrons. The molecule has 0 aliphatic heterocycles.